The molecular formula is C20H17ClN2O4. The Labute approximate surface area is 159 Å². The largest absolute Gasteiger partial charge is 0.477 e. The fraction of sp³-hybridized carbons (Fsp3) is 0.150. The Morgan fingerprint density at radius 3 is 2.56 bits per heavy atom. The fourth-order valence-electron chi connectivity index (χ4n) is 2.84. The predicted octanol–water partition coefficient (Wildman–Crippen LogP) is 3.13. The molecule has 1 amide bonds. The number of hydrogen-bond donors (Lipinski definition) is 3. The summed E-state index contributed by atoms with van der Waals surface area (Å²) in [6.07, 6.45) is 0.962. The zero-order valence-electron chi connectivity index (χ0n) is 14.3. The van der Waals surface area contributed by atoms with Crippen LogP contribution in [-0.4, -0.2) is 22.0 Å². The van der Waals surface area contributed by atoms with Crippen LogP contribution >= 0.6 is 11.6 Å². The van der Waals surface area contributed by atoms with Gasteiger partial charge in [-0.3, -0.25) is 9.59 Å². The van der Waals surface area contributed by atoms with Crippen molar-refractivity contribution in [1.82, 2.24) is 10.3 Å². The number of benzene rings is 2. The van der Waals surface area contributed by atoms with Crippen molar-refractivity contribution >= 4 is 34.4 Å². The lowest BCUT2D eigenvalue weighted by molar-refractivity contribution is -0.121. The van der Waals surface area contributed by atoms with Gasteiger partial charge in [0.05, 0.1) is 5.52 Å². The minimum atomic E-state index is -1.31. The van der Waals surface area contributed by atoms with E-state index in [1.165, 1.54) is 6.07 Å². The summed E-state index contributed by atoms with van der Waals surface area (Å²) in [5, 5.41) is 12.8. The summed E-state index contributed by atoms with van der Waals surface area (Å²) in [5.74, 6) is -1.44. The average Bonchev–Trinajstić information content (AvgIpc) is 2.65. The number of carbonyl (C=O) groups excluding carboxylic acids is 1. The smallest absolute Gasteiger partial charge is 0.341 e. The summed E-state index contributed by atoms with van der Waals surface area (Å²) in [5.41, 5.74) is 1.08. The van der Waals surface area contributed by atoms with Gasteiger partial charge < -0.3 is 15.4 Å². The lowest BCUT2D eigenvalue weighted by Gasteiger charge is -2.10. The van der Waals surface area contributed by atoms with Crippen LogP contribution in [0, 0.1) is 0 Å². The number of carbonyl (C=O) groups is 2. The SMILES string of the molecule is O=C(CCc1ccccc1)NCc1cc(Cl)cc2cc(C(=O)O)c(=O)[nH]c12. The zero-order chi connectivity index (χ0) is 19.4. The number of aryl methyl sites for hydroxylation is 1. The van der Waals surface area contributed by atoms with Gasteiger partial charge in [-0.15, -0.1) is 0 Å². The average molecular weight is 385 g/mol. The fourth-order valence-corrected chi connectivity index (χ4v) is 3.09. The number of carboxylic acid groups (broad SMARTS) is 1. The second-order valence-corrected chi connectivity index (χ2v) is 6.55. The van der Waals surface area contributed by atoms with Crippen LogP contribution in [0.5, 0.6) is 0 Å². The molecule has 0 unspecified atom stereocenters. The van der Waals surface area contributed by atoms with Crippen molar-refractivity contribution in [2.45, 2.75) is 19.4 Å². The first kappa shape index (κ1) is 18.7. The third-order valence-corrected chi connectivity index (χ3v) is 4.41. The molecular weight excluding hydrogens is 368 g/mol. The quantitative estimate of drug-likeness (QED) is 0.608. The van der Waals surface area contributed by atoms with Gasteiger partial charge in [-0.1, -0.05) is 41.9 Å². The summed E-state index contributed by atoms with van der Waals surface area (Å²) in [6, 6.07) is 14.2. The van der Waals surface area contributed by atoms with E-state index in [0.717, 1.165) is 5.56 Å². The number of aromatic amines is 1. The maximum atomic E-state index is 12.1. The summed E-state index contributed by atoms with van der Waals surface area (Å²) >= 11 is 6.10. The van der Waals surface area contributed by atoms with Crippen LogP contribution in [0.1, 0.15) is 27.9 Å². The summed E-state index contributed by atoms with van der Waals surface area (Å²) in [4.78, 5) is 37.8. The number of rotatable bonds is 6. The van der Waals surface area contributed by atoms with E-state index in [4.69, 9.17) is 16.7 Å². The molecule has 0 aliphatic rings. The Bertz CT molecular complexity index is 1060. The third-order valence-electron chi connectivity index (χ3n) is 4.19. The van der Waals surface area contributed by atoms with Crippen molar-refractivity contribution in [3.8, 4) is 0 Å². The van der Waals surface area contributed by atoms with E-state index in [2.05, 4.69) is 10.3 Å². The predicted molar refractivity (Wildman–Crippen MR) is 103 cm³/mol. The number of carboxylic acids is 1. The van der Waals surface area contributed by atoms with Crippen molar-refractivity contribution in [2.75, 3.05) is 0 Å². The Kier molecular flexibility index (Phi) is 5.57. The standard InChI is InChI=1S/C20H17ClN2O4/c21-15-8-13-10-16(20(26)27)19(25)23-18(13)14(9-15)11-22-17(24)7-6-12-4-2-1-3-5-12/h1-5,8-10H,6-7,11H2,(H,22,24)(H,23,25)(H,26,27). The van der Waals surface area contributed by atoms with E-state index in [0.29, 0.717) is 34.3 Å². The molecule has 0 saturated carbocycles. The van der Waals surface area contributed by atoms with Crippen LogP contribution in [0.25, 0.3) is 10.9 Å². The van der Waals surface area contributed by atoms with E-state index in [1.54, 1.807) is 12.1 Å². The highest BCUT2D eigenvalue weighted by atomic mass is 35.5. The first-order valence-electron chi connectivity index (χ1n) is 8.33. The summed E-state index contributed by atoms with van der Waals surface area (Å²) < 4.78 is 0. The monoisotopic (exact) mass is 384 g/mol. The van der Waals surface area contributed by atoms with Gasteiger partial charge in [0.25, 0.3) is 5.56 Å². The molecule has 3 aromatic rings. The molecule has 0 fully saturated rings. The van der Waals surface area contributed by atoms with Crippen molar-refractivity contribution < 1.29 is 14.7 Å². The van der Waals surface area contributed by atoms with Crippen LogP contribution in [-0.2, 0) is 17.8 Å². The zero-order valence-corrected chi connectivity index (χ0v) is 15.0. The van der Waals surface area contributed by atoms with Gasteiger partial charge in [-0.25, -0.2) is 4.79 Å². The molecule has 6 nitrogen and oxygen atoms in total. The molecule has 0 atom stereocenters. The molecule has 0 aliphatic carbocycles. The summed E-state index contributed by atoms with van der Waals surface area (Å²) in [6.45, 7) is 0.174. The number of halogens is 1. The van der Waals surface area contributed by atoms with Crippen LogP contribution in [0.2, 0.25) is 5.02 Å². The van der Waals surface area contributed by atoms with Crippen LogP contribution in [0.15, 0.2) is 53.3 Å². The van der Waals surface area contributed by atoms with E-state index in [9.17, 15) is 14.4 Å². The van der Waals surface area contributed by atoms with E-state index in [1.807, 2.05) is 30.3 Å². The van der Waals surface area contributed by atoms with Gasteiger partial charge in [-0.2, -0.15) is 0 Å². The number of H-pyrrole nitrogens is 1. The first-order valence-corrected chi connectivity index (χ1v) is 8.71. The number of pyridine rings is 1. The number of aromatic carboxylic acids is 1. The Balaban J connectivity index is 1.76. The molecule has 0 aliphatic heterocycles. The number of fused-ring (bicyclic) bond motifs is 1. The maximum absolute atomic E-state index is 12.1. The van der Waals surface area contributed by atoms with Gasteiger partial charge in [0.2, 0.25) is 5.91 Å². The molecule has 3 N–H and O–H groups in total. The second-order valence-electron chi connectivity index (χ2n) is 6.11. The summed E-state index contributed by atoms with van der Waals surface area (Å²) in [7, 11) is 0. The van der Waals surface area contributed by atoms with Gasteiger partial charge in [0, 0.05) is 23.4 Å². The minimum Gasteiger partial charge on any atom is -0.477 e. The van der Waals surface area contributed by atoms with Crippen LogP contribution in [0.4, 0.5) is 0 Å². The van der Waals surface area contributed by atoms with E-state index >= 15 is 0 Å². The van der Waals surface area contributed by atoms with Crippen molar-refractivity contribution in [3.63, 3.8) is 0 Å². The first-order chi connectivity index (χ1) is 12.9. The van der Waals surface area contributed by atoms with Gasteiger partial charge in [-0.05, 0) is 35.7 Å². The third kappa shape index (κ3) is 4.54. The van der Waals surface area contributed by atoms with Gasteiger partial charge in [0.1, 0.15) is 5.56 Å². The molecule has 3 rings (SSSR count). The van der Waals surface area contributed by atoms with Gasteiger partial charge >= 0.3 is 5.97 Å². The lowest BCUT2D eigenvalue weighted by Crippen LogP contribution is -2.24. The van der Waals surface area contributed by atoms with Crippen molar-refractivity contribution in [2.24, 2.45) is 0 Å². The van der Waals surface area contributed by atoms with E-state index < -0.39 is 11.5 Å². The Morgan fingerprint density at radius 1 is 1.11 bits per heavy atom. The topological polar surface area (TPSA) is 99.3 Å². The van der Waals surface area contributed by atoms with Gasteiger partial charge in [0.15, 0.2) is 0 Å². The second kappa shape index (κ2) is 8.05. The van der Waals surface area contributed by atoms with Crippen LogP contribution in [0.3, 0.4) is 0 Å². The molecule has 0 radical (unpaired) electrons. The Morgan fingerprint density at radius 2 is 1.85 bits per heavy atom. The Hall–Kier alpha value is -3.12. The maximum Gasteiger partial charge on any atom is 0.341 e. The van der Waals surface area contributed by atoms with Crippen molar-refractivity contribution in [3.05, 3.63) is 80.6 Å². The van der Waals surface area contributed by atoms with Crippen molar-refractivity contribution in [1.29, 1.82) is 0 Å². The molecule has 0 spiro atoms. The molecule has 0 bridgehead atoms. The molecule has 1 heterocycles. The number of amides is 1. The molecule has 138 valence electrons. The molecule has 0 saturated heterocycles. The molecule has 1 aromatic heterocycles. The minimum absolute atomic E-state index is 0.128. The highest BCUT2D eigenvalue weighted by molar-refractivity contribution is 6.31. The normalized spacial score (nSPS) is 10.7. The van der Waals surface area contributed by atoms with Crippen LogP contribution < -0.4 is 10.9 Å². The molecule has 2 aromatic carbocycles. The molecule has 27 heavy (non-hydrogen) atoms. The number of nitrogens with one attached hydrogen (secondary N) is 2. The number of aromatic nitrogens is 1. The number of hydrogen-bond acceptors (Lipinski definition) is 3. The highest BCUT2D eigenvalue weighted by Gasteiger charge is 2.13. The highest BCUT2D eigenvalue weighted by Crippen LogP contribution is 2.22. The lowest BCUT2D eigenvalue weighted by atomic mass is 10.1. The molecule has 7 heteroatoms. The van der Waals surface area contributed by atoms with E-state index in [-0.39, 0.29) is 18.0 Å².